The number of ether oxygens (including phenoxy) is 1. The van der Waals surface area contributed by atoms with Crippen molar-refractivity contribution >= 4 is 0 Å². The van der Waals surface area contributed by atoms with Gasteiger partial charge in [0.15, 0.2) is 0 Å². The van der Waals surface area contributed by atoms with E-state index in [-0.39, 0.29) is 12.0 Å². The molecule has 2 N–H and O–H groups in total. The lowest BCUT2D eigenvalue weighted by Gasteiger charge is -2.41. The smallest absolute Gasteiger partial charge is 0.0558 e. The number of nitrogens with one attached hydrogen (secondary N) is 1. The molecule has 0 bridgehead atoms. The Morgan fingerprint density at radius 3 is 2.70 bits per heavy atom. The van der Waals surface area contributed by atoms with E-state index in [1.54, 1.807) is 0 Å². The maximum atomic E-state index is 9.28. The maximum Gasteiger partial charge on any atom is 0.0558 e. The first-order valence-corrected chi connectivity index (χ1v) is 8.26. The molecule has 0 aromatic heterocycles. The Bertz CT molecular complexity index is 241. The minimum atomic E-state index is 0.214. The second kappa shape index (κ2) is 9.72. The number of hydrogen-bond donors (Lipinski definition) is 2. The lowest BCUT2D eigenvalue weighted by atomic mass is 9.81. The first-order chi connectivity index (χ1) is 9.62. The van der Waals surface area contributed by atoms with Gasteiger partial charge in [-0.15, -0.1) is 0 Å². The van der Waals surface area contributed by atoms with E-state index in [0.717, 1.165) is 45.8 Å². The van der Waals surface area contributed by atoms with Crippen molar-refractivity contribution in [3.63, 3.8) is 0 Å². The second-order valence-electron chi connectivity index (χ2n) is 6.55. The zero-order chi connectivity index (χ0) is 14.8. The number of aliphatic hydroxyl groups is 1. The number of unbranched alkanes of at least 4 members (excludes halogenated alkanes) is 1. The van der Waals surface area contributed by atoms with E-state index in [0.29, 0.717) is 6.04 Å². The van der Waals surface area contributed by atoms with Gasteiger partial charge in [0, 0.05) is 37.7 Å². The number of nitrogens with zero attached hydrogens (tertiary/aromatic N) is 1. The highest BCUT2D eigenvalue weighted by molar-refractivity contribution is 4.88. The van der Waals surface area contributed by atoms with E-state index in [9.17, 15) is 5.11 Å². The number of aliphatic hydroxyl groups excluding tert-OH is 1. The standard InChI is InChI=1S/C16H34N2O2/c1-4-5-8-18(9-10-19)13-16(12-17-15(2)3)7-6-11-20-14-16/h15,17,19H,4-14H2,1-3H3. The first kappa shape index (κ1) is 17.9. The molecule has 0 amide bonds. The van der Waals surface area contributed by atoms with Gasteiger partial charge in [0.2, 0.25) is 0 Å². The Hall–Kier alpha value is -0.160. The van der Waals surface area contributed by atoms with Crippen LogP contribution in [-0.4, -0.2) is 62.0 Å². The topological polar surface area (TPSA) is 44.7 Å². The minimum absolute atomic E-state index is 0.214. The molecule has 1 fully saturated rings. The number of rotatable bonds is 10. The fraction of sp³-hybridized carbons (Fsp3) is 1.00. The van der Waals surface area contributed by atoms with Crippen LogP contribution in [0.5, 0.6) is 0 Å². The average molecular weight is 286 g/mol. The Kier molecular flexibility index (Phi) is 8.69. The highest BCUT2D eigenvalue weighted by Gasteiger charge is 2.34. The molecule has 0 spiro atoms. The molecule has 20 heavy (non-hydrogen) atoms. The van der Waals surface area contributed by atoms with Crippen LogP contribution in [0, 0.1) is 5.41 Å². The summed E-state index contributed by atoms with van der Waals surface area (Å²) < 4.78 is 5.77. The Labute approximate surface area is 124 Å². The Morgan fingerprint density at radius 1 is 1.35 bits per heavy atom. The lowest BCUT2D eigenvalue weighted by Crippen LogP contribution is -2.50. The quantitative estimate of drug-likeness (QED) is 0.643. The van der Waals surface area contributed by atoms with Crippen LogP contribution >= 0.6 is 0 Å². The van der Waals surface area contributed by atoms with Crippen LogP contribution in [0.1, 0.15) is 46.5 Å². The summed E-state index contributed by atoms with van der Waals surface area (Å²) in [5.74, 6) is 0. The zero-order valence-corrected chi connectivity index (χ0v) is 13.7. The Morgan fingerprint density at radius 2 is 2.15 bits per heavy atom. The Balaban J connectivity index is 2.59. The second-order valence-corrected chi connectivity index (χ2v) is 6.55. The van der Waals surface area contributed by atoms with Crippen molar-refractivity contribution in [1.82, 2.24) is 10.2 Å². The van der Waals surface area contributed by atoms with Gasteiger partial charge in [0.05, 0.1) is 13.2 Å². The maximum absolute atomic E-state index is 9.28. The van der Waals surface area contributed by atoms with Crippen molar-refractivity contribution in [2.24, 2.45) is 5.41 Å². The van der Waals surface area contributed by atoms with Gasteiger partial charge in [0.1, 0.15) is 0 Å². The molecule has 1 aliphatic rings. The van der Waals surface area contributed by atoms with Crippen LogP contribution in [0.15, 0.2) is 0 Å². The third kappa shape index (κ3) is 6.53. The van der Waals surface area contributed by atoms with Crippen LogP contribution in [0.2, 0.25) is 0 Å². The van der Waals surface area contributed by atoms with Gasteiger partial charge in [0.25, 0.3) is 0 Å². The molecular formula is C16H34N2O2. The predicted molar refractivity (Wildman–Crippen MR) is 84.1 cm³/mol. The lowest BCUT2D eigenvalue weighted by molar-refractivity contribution is -0.0290. The third-order valence-corrected chi connectivity index (χ3v) is 4.09. The van der Waals surface area contributed by atoms with Gasteiger partial charge in [-0.25, -0.2) is 0 Å². The van der Waals surface area contributed by atoms with E-state index < -0.39 is 0 Å². The summed E-state index contributed by atoms with van der Waals surface area (Å²) in [4.78, 5) is 2.42. The van der Waals surface area contributed by atoms with Crippen LogP contribution < -0.4 is 5.32 Å². The van der Waals surface area contributed by atoms with Crippen molar-refractivity contribution in [2.75, 3.05) is 46.0 Å². The monoisotopic (exact) mass is 286 g/mol. The normalized spacial score (nSPS) is 23.7. The van der Waals surface area contributed by atoms with Gasteiger partial charge in [-0.05, 0) is 25.8 Å². The van der Waals surface area contributed by atoms with Crippen molar-refractivity contribution in [2.45, 2.75) is 52.5 Å². The van der Waals surface area contributed by atoms with Crippen molar-refractivity contribution in [1.29, 1.82) is 0 Å². The molecule has 0 aromatic rings. The van der Waals surface area contributed by atoms with Crippen LogP contribution in [0.4, 0.5) is 0 Å². The van der Waals surface area contributed by atoms with E-state index in [1.165, 1.54) is 19.3 Å². The van der Waals surface area contributed by atoms with Crippen LogP contribution in [0.3, 0.4) is 0 Å². The summed E-state index contributed by atoms with van der Waals surface area (Å²) in [7, 11) is 0. The van der Waals surface area contributed by atoms with E-state index in [2.05, 4.69) is 31.0 Å². The molecule has 1 aliphatic heterocycles. The first-order valence-electron chi connectivity index (χ1n) is 8.26. The molecule has 120 valence electrons. The molecule has 1 heterocycles. The van der Waals surface area contributed by atoms with Gasteiger partial charge in [-0.1, -0.05) is 27.2 Å². The molecular weight excluding hydrogens is 252 g/mol. The fourth-order valence-electron chi connectivity index (χ4n) is 2.92. The summed E-state index contributed by atoms with van der Waals surface area (Å²) >= 11 is 0. The largest absolute Gasteiger partial charge is 0.395 e. The van der Waals surface area contributed by atoms with Crippen molar-refractivity contribution in [3.8, 4) is 0 Å². The van der Waals surface area contributed by atoms with Gasteiger partial charge in [-0.3, -0.25) is 0 Å². The summed E-state index contributed by atoms with van der Waals surface area (Å²) in [6, 6.07) is 0.510. The highest BCUT2D eigenvalue weighted by atomic mass is 16.5. The fourth-order valence-corrected chi connectivity index (χ4v) is 2.92. The van der Waals surface area contributed by atoms with Crippen molar-refractivity contribution in [3.05, 3.63) is 0 Å². The van der Waals surface area contributed by atoms with Crippen LogP contribution in [-0.2, 0) is 4.74 Å². The molecule has 0 aliphatic carbocycles. The van der Waals surface area contributed by atoms with E-state index in [1.807, 2.05) is 0 Å². The average Bonchev–Trinajstić information content (AvgIpc) is 2.44. The summed E-state index contributed by atoms with van der Waals surface area (Å²) in [5.41, 5.74) is 0.214. The van der Waals surface area contributed by atoms with E-state index in [4.69, 9.17) is 4.74 Å². The molecule has 4 heteroatoms. The summed E-state index contributed by atoms with van der Waals surface area (Å²) in [6.45, 7) is 12.5. The molecule has 4 nitrogen and oxygen atoms in total. The predicted octanol–water partition coefficient (Wildman–Crippen LogP) is 1.88. The molecule has 1 unspecified atom stereocenters. The van der Waals surface area contributed by atoms with Gasteiger partial charge < -0.3 is 20.1 Å². The summed E-state index contributed by atoms with van der Waals surface area (Å²) in [5, 5.41) is 12.9. The minimum Gasteiger partial charge on any atom is -0.395 e. The number of hydrogen-bond acceptors (Lipinski definition) is 4. The molecule has 1 rings (SSSR count). The molecule has 0 radical (unpaired) electrons. The third-order valence-electron chi connectivity index (χ3n) is 4.09. The highest BCUT2D eigenvalue weighted by Crippen LogP contribution is 2.29. The van der Waals surface area contributed by atoms with Crippen LogP contribution in [0.25, 0.3) is 0 Å². The van der Waals surface area contributed by atoms with Crippen molar-refractivity contribution < 1.29 is 9.84 Å². The van der Waals surface area contributed by atoms with E-state index >= 15 is 0 Å². The molecule has 1 saturated heterocycles. The van der Waals surface area contributed by atoms with Gasteiger partial charge in [-0.2, -0.15) is 0 Å². The SMILES string of the molecule is CCCCN(CCO)CC1(CNC(C)C)CCCOC1. The molecule has 1 atom stereocenters. The molecule has 0 saturated carbocycles. The summed E-state index contributed by atoms with van der Waals surface area (Å²) in [6.07, 6.45) is 4.78. The molecule has 0 aromatic carbocycles. The zero-order valence-electron chi connectivity index (χ0n) is 13.7. The van der Waals surface area contributed by atoms with Gasteiger partial charge >= 0.3 is 0 Å².